The topological polar surface area (TPSA) is 27.0 Å². The summed E-state index contributed by atoms with van der Waals surface area (Å²) in [6, 6.07) is 10.8. The zero-order chi connectivity index (χ0) is 12.3. The Morgan fingerprint density at radius 2 is 1.82 bits per heavy atom. The maximum absolute atomic E-state index is 9.62. The van der Waals surface area contributed by atoms with Gasteiger partial charge in [0.15, 0.2) is 0 Å². The number of benzene rings is 1. The van der Waals surface area contributed by atoms with Gasteiger partial charge in [-0.3, -0.25) is 4.90 Å². The SMILES string of the molecule is Cc1ccccc1C(C)(C#N)N1CCCCC1. The molecule has 0 amide bonds. The lowest BCUT2D eigenvalue weighted by Gasteiger charge is -2.39. The number of likely N-dealkylation sites (tertiary alicyclic amines) is 1. The van der Waals surface area contributed by atoms with Crippen LogP contribution in [0.15, 0.2) is 24.3 Å². The lowest BCUT2D eigenvalue weighted by atomic mass is 9.87. The number of hydrogen-bond donors (Lipinski definition) is 0. The van der Waals surface area contributed by atoms with Crippen LogP contribution in [0.5, 0.6) is 0 Å². The Bertz CT molecular complexity index is 427. The number of nitriles is 1. The van der Waals surface area contributed by atoms with Crippen LogP contribution in [0, 0.1) is 18.3 Å². The molecule has 2 heteroatoms. The lowest BCUT2D eigenvalue weighted by molar-refractivity contribution is 0.123. The molecule has 1 unspecified atom stereocenters. The van der Waals surface area contributed by atoms with Crippen LogP contribution >= 0.6 is 0 Å². The highest BCUT2D eigenvalue weighted by Crippen LogP contribution is 2.32. The summed E-state index contributed by atoms with van der Waals surface area (Å²) in [6.45, 7) is 6.23. The summed E-state index contributed by atoms with van der Waals surface area (Å²) in [4.78, 5) is 2.33. The molecule has 0 bridgehead atoms. The number of piperidine rings is 1. The van der Waals surface area contributed by atoms with Gasteiger partial charge in [0.2, 0.25) is 0 Å². The normalized spacial score (nSPS) is 20.5. The molecule has 90 valence electrons. The van der Waals surface area contributed by atoms with Gasteiger partial charge in [-0.15, -0.1) is 0 Å². The molecule has 1 aliphatic heterocycles. The van der Waals surface area contributed by atoms with Gasteiger partial charge in [0.1, 0.15) is 5.54 Å². The van der Waals surface area contributed by atoms with Crippen LogP contribution in [0.2, 0.25) is 0 Å². The van der Waals surface area contributed by atoms with Gasteiger partial charge >= 0.3 is 0 Å². The monoisotopic (exact) mass is 228 g/mol. The fourth-order valence-electron chi connectivity index (χ4n) is 2.76. The lowest BCUT2D eigenvalue weighted by Crippen LogP contribution is -2.46. The first-order valence-electron chi connectivity index (χ1n) is 6.41. The largest absolute Gasteiger partial charge is 0.282 e. The fourth-order valence-corrected chi connectivity index (χ4v) is 2.76. The Balaban J connectivity index is 2.37. The second-order valence-corrected chi connectivity index (χ2v) is 5.05. The van der Waals surface area contributed by atoms with Crippen molar-refractivity contribution < 1.29 is 0 Å². The van der Waals surface area contributed by atoms with Gasteiger partial charge in [-0.05, 0) is 50.9 Å². The Kier molecular flexibility index (Phi) is 3.49. The minimum absolute atomic E-state index is 0.467. The zero-order valence-electron chi connectivity index (χ0n) is 10.7. The summed E-state index contributed by atoms with van der Waals surface area (Å²) in [6.07, 6.45) is 3.72. The Morgan fingerprint density at radius 3 is 2.41 bits per heavy atom. The van der Waals surface area contributed by atoms with Gasteiger partial charge < -0.3 is 0 Å². The molecule has 1 atom stereocenters. The molecule has 0 N–H and O–H groups in total. The highest BCUT2D eigenvalue weighted by Gasteiger charge is 2.35. The van der Waals surface area contributed by atoms with E-state index < -0.39 is 5.54 Å². The van der Waals surface area contributed by atoms with Crippen LogP contribution in [0.3, 0.4) is 0 Å². The highest BCUT2D eigenvalue weighted by atomic mass is 15.2. The van der Waals surface area contributed by atoms with Crippen molar-refractivity contribution in [3.05, 3.63) is 35.4 Å². The minimum Gasteiger partial charge on any atom is -0.282 e. The summed E-state index contributed by atoms with van der Waals surface area (Å²) < 4.78 is 0. The molecule has 1 aliphatic rings. The van der Waals surface area contributed by atoms with E-state index >= 15 is 0 Å². The van der Waals surface area contributed by atoms with Crippen LogP contribution in [-0.4, -0.2) is 18.0 Å². The Labute approximate surface area is 104 Å². The number of nitrogens with zero attached hydrogens (tertiary/aromatic N) is 2. The van der Waals surface area contributed by atoms with Crippen molar-refractivity contribution in [3.63, 3.8) is 0 Å². The van der Waals surface area contributed by atoms with Crippen LogP contribution in [-0.2, 0) is 5.54 Å². The molecular formula is C15H20N2. The van der Waals surface area contributed by atoms with Crippen LogP contribution in [0.4, 0.5) is 0 Å². The predicted molar refractivity (Wildman–Crippen MR) is 69.6 cm³/mol. The first-order valence-corrected chi connectivity index (χ1v) is 6.41. The first kappa shape index (κ1) is 12.1. The quantitative estimate of drug-likeness (QED) is 0.777. The molecule has 2 nitrogen and oxygen atoms in total. The van der Waals surface area contributed by atoms with Crippen LogP contribution in [0.1, 0.15) is 37.3 Å². The molecule has 0 aliphatic carbocycles. The molecule has 17 heavy (non-hydrogen) atoms. The number of rotatable bonds is 2. The Hall–Kier alpha value is -1.33. The number of hydrogen-bond acceptors (Lipinski definition) is 2. The second kappa shape index (κ2) is 4.89. The van der Waals surface area contributed by atoms with Gasteiger partial charge in [0, 0.05) is 0 Å². The molecule has 1 fully saturated rings. The van der Waals surface area contributed by atoms with Crippen molar-refractivity contribution in [1.82, 2.24) is 4.90 Å². The molecule has 1 aromatic rings. The molecule has 0 radical (unpaired) electrons. The van der Waals surface area contributed by atoms with Gasteiger partial charge in [0.05, 0.1) is 6.07 Å². The van der Waals surface area contributed by atoms with Crippen LogP contribution < -0.4 is 0 Å². The summed E-state index contributed by atoms with van der Waals surface area (Å²) >= 11 is 0. The molecule has 2 rings (SSSR count). The first-order chi connectivity index (χ1) is 8.18. The molecule has 1 aromatic carbocycles. The molecule has 0 spiro atoms. The fraction of sp³-hybridized carbons (Fsp3) is 0.533. The maximum atomic E-state index is 9.62. The standard InChI is InChI=1S/C15H20N2/c1-13-8-4-5-9-14(13)15(2,12-16)17-10-6-3-7-11-17/h4-5,8-9H,3,6-7,10-11H2,1-2H3. The summed E-state index contributed by atoms with van der Waals surface area (Å²) in [7, 11) is 0. The zero-order valence-corrected chi connectivity index (χ0v) is 10.7. The van der Waals surface area contributed by atoms with Crippen LogP contribution in [0.25, 0.3) is 0 Å². The van der Waals surface area contributed by atoms with Crippen molar-refractivity contribution in [3.8, 4) is 6.07 Å². The molecular weight excluding hydrogens is 208 g/mol. The van der Waals surface area contributed by atoms with Crippen molar-refractivity contribution in [2.24, 2.45) is 0 Å². The minimum atomic E-state index is -0.467. The van der Waals surface area contributed by atoms with Gasteiger partial charge in [-0.1, -0.05) is 30.7 Å². The van der Waals surface area contributed by atoms with Crippen molar-refractivity contribution >= 4 is 0 Å². The third-order valence-corrected chi connectivity index (χ3v) is 3.88. The van der Waals surface area contributed by atoms with Crippen molar-refractivity contribution in [2.75, 3.05) is 13.1 Å². The second-order valence-electron chi connectivity index (χ2n) is 5.05. The Morgan fingerprint density at radius 1 is 1.18 bits per heavy atom. The van der Waals surface area contributed by atoms with E-state index in [1.165, 1.54) is 24.8 Å². The third kappa shape index (κ3) is 2.21. The summed E-state index contributed by atoms with van der Waals surface area (Å²) in [5, 5.41) is 9.62. The van der Waals surface area contributed by atoms with Crippen molar-refractivity contribution in [2.45, 2.75) is 38.6 Å². The third-order valence-electron chi connectivity index (χ3n) is 3.88. The summed E-state index contributed by atoms with van der Waals surface area (Å²) in [5.41, 5.74) is 1.90. The molecule has 1 heterocycles. The maximum Gasteiger partial charge on any atom is 0.132 e. The van der Waals surface area contributed by atoms with Gasteiger partial charge in [0.25, 0.3) is 0 Å². The van der Waals surface area contributed by atoms with E-state index in [2.05, 4.69) is 36.9 Å². The van der Waals surface area contributed by atoms with Gasteiger partial charge in [-0.25, -0.2) is 0 Å². The van der Waals surface area contributed by atoms with E-state index in [0.717, 1.165) is 18.7 Å². The highest BCUT2D eigenvalue weighted by molar-refractivity contribution is 5.37. The molecule has 1 saturated heterocycles. The predicted octanol–water partition coefficient (Wildman–Crippen LogP) is 3.22. The number of aryl methyl sites for hydroxylation is 1. The molecule has 0 saturated carbocycles. The van der Waals surface area contributed by atoms with E-state index in [1.54, 1.807) is 0 Å². The van der Waals surface area contributed by atoms with E-state index in [4.69, 9.17) is 0 Å². The van der Waals surface area contributed by atoms with E-state index in [0.29, 0.717) is 0 Å². The van der Waals surface area contributed by atoms with E-state index in [-0.39, 0.29) is 0 Å². The average molecular weight is 228 g/mol. The molecule has 0 aromatic heterocycles. The van der Waals surface area contributed by atoms with E-state index in [9.17, 15) is 5.26 Å². The summed E-state index contributed by atoms with van der Waals surface area (Å²) in [5.74, 6) is 0. The van der Waals surface area contributed by atoms with Crippen molar-refractivity contribution in [1.29, 1.82) is 5.26 Å². The van der Waals surface area contributed by atoms with Gasteiger partial charge in [-0.2, -0.15) is 5.26 Å². The van der Waals surface area contributed by atoms with E-state index in [1.807, 2.05) is 12.1 Å². The average Bonchev–Trinajstić information content (AvgIpc) is 2.39. The smallest absolute Gasteiger partial charge is 0.132 e.